The summed E-state index contributed by atoms with van der Waals surface area (Å²) < 4.78 is 23.9. The second-order valence-electron chi connectivity index (χ2n) is 9.61. The summed E-state index contributed by atoms with van der Waals surface area (Å²) in [5.41, 5.74) is 20.5. The molecule has 37 heavy (non-hydrogen) atoms. The molecule has 0 spiro atoms. The van der Waals surface area contributed by atoms with Gasteiger partial charge in [-0.05, 0) is 64.1 Å². The molecule has 1 amide bonds. The van der Waals surface area contributed by atoms with Gasteiger partial charge in [0.05, 0.1) is 38.0 Å². The number of carbonyl (C=O) groups excluding carboxylic acids is 1. The highest BCUT2D eigenvalue weighted by Gasteiger charge is 2.35. The summed E-state index contributed by atoms with van der Waals surface area (Å²) in [6, 6.07) is -0.201. The molecular weight excluding hydrogens is 482 g/mol. The zero-order valence-electron chi connectivity index (χ0n) is 22.6. The van der Waals surface area contributed by atoms with Gasteiger partial charge in [-0.1, -0.05) is 6.92 Å². The summed E-state index contributed by atoms with van der Waals surface area (Å²) in [7, 11) is 1.50. The minimum atomic E-state index is -0.570. The quantitative estimate of drug-likeness (QED) is 0.167. The number of hydrogen-bond donors (Lipinski definition) is 7. The predicted molar refractivity (Wildman–Crippen MR) is 141 cm³/mol. The van der Waals surface area contributed by atoms with Crippen molar-refractivity contribution in [2.75, 3.05) is 39.9 Å². The van der Waals surface area contributed by atoms with E-state index in [0.717, 1.165) is 31.4 Å². The van der Waals surface area contributed by atoms with E-state index in [2.05, 4.69) is 18.0 Å². The molecule has 0 aromatic carbocycles. The Morgan fingerprint density at radius 1 is 1.19 bits per heavy atom. The summed E-state index contributed by atoms with van der Waals surface area (Å²) in [4.78, 5) is 9.92. The minimum absolute atomic E-state index is 0.00727. The maximum Gasteiger partial charge on any atom is 0.217 e. The molecule has 0 aromatic rings. The lowest BCUT2D eigenvalue weighted by Gasteiger charge is -2.38. The van der Waals surface area contributed by atoms with Crippen molar-refractivity contribution in [3.63, 3.8) is 0 Å². The SMILES string of the molecule is CC1COC(OC2CCCC(OC3OC(CNCCO)=CCC3N)C2)C(O)C1.CN.NCCCC(N)=O. The lowest BCUT2D eigenvalue weighted by molar-refractivity contribution is -0.255. The van der Waals surface area contributed by atoms with Crippen LogP contribution in [0.3, 0.4) is 0 Å². The zero-order valence-corrected chi connectivity index (χ0v) is 22.6. The fraction of sp³-hybridized carbons (Fsp3) is 0.880. The normalized spacial score (nSPS) is 31.5. The summed E-state index contributed by atoms with van der Waals surface area (Å²) in [6.45, 7) is 4.40. The summed E-state index contributed by atoms with van der Waals surface area (Å²) in [6.07, 6.45) is 6.57. The first-order valence-corrected chi connectivity index (χ1v) is 13.4. The molecule has 0 radical (unpaired) electrons. The van der Waals surface area contributed by atoms with Crippen molar-refractivity contribution in [3.05, 3.63) is 11.8 Å². The average Bonchev–Trinajstić information content (AvgIpc) is 2.88. The van der Waals surface area contributed by atoms with E-state index in [4.69, 9.17) is 41.3 Å². The van der Waals surface area contributed by atoms with Crippen molar-refractivity contribution in [1.82, 2.24) is 5.32 Å². The number of ether oxygens (including phenoxy) is 4. The highest BCUT2D eigenvalue weighted by atomic mass is 16.7. The third-order valence-electron chi connectivity index (χ3n) is 6.18. The van der Waals surface area contributed by atoms with E-state index in [-0.39, 0.29) is 30.8 Å². The molecule has 3 aliphatic rings. The number of rotatable bonds is 11. The predicted octanol–water partition coefficient (Wildman–Crippen LogP) is -0.601. The smallest absolute Gasteiger partial charge is 0.217 e. The molecule has 218 valence electrons. The van der Waals surface area contributed by atoms with Gasteiger partial charge in [0.2, 0.25) is 12.2 Å². The van der Waals surface area contributed by atoms with Crippen LogP contribution in [-0.4, -0.2) is 92.9 Å². The molecule has 0 bridgehead atoms. The molecule has 2 heterocycles. The average molecular weight is 534 g/mol. The Morgan fingerprint density at radius 2 is 1.86 bits per heavy atom. The Labute approximate surface area is 221 Å². The van der Waals surface area contributed by atoms with E-state index in [0.29, 0.717) is 57.8 Å². The molecule has 1 saturated carbocycles. The monoisotopic (exact) mass is 533 g/mol. The van der Waals surface area contributed by atoms with Gasteiger partial charge >= 0.3 is 0 Å². The van der Waals surface area contributed by atoms with E-state index in [1.54, 1.807) is 0 Å². The Balaban J connectivity index is 0.000000659. The first-order valence-electron chi connectivity index (χ1n) is 13.4. The fourth-order valence-corrected chi connectivity index (χ4v) is 4.29. The number of aliphatic hydroxyl groups excluding tert-OH is 2. The van der Waals surface area contributed by atoms with Gasteiger partial charge in [-0.3, -0.25) is 4.79 Å². The molecule has 1 aliphatic carbocycles. The molecule has 7 atom stereocenters. The number of aliphatic hydroxyl groups is 2. The minimum Gasteiger partial charge on any atom is -0.467 e. The van der Waals surface area contributed by atoms with Crippen LogP contribution in [0, 0.1) is 5.92 Å². The van der Waals surface area contributed by atoms with Crippen molar-refractivity contribution in [1.29, 1.82) is 0 Å². The maximum atomic E-state index is 10.2. The molecule has 3 rings (SSSR count). The van der Waals surface area contributed by atoms with Crippen molar-refractivity contribution < 1.29 is 34.0 Å². The number of nitrogens with two attached hydrogens (primary N) is 4. The van der Waals surface area contributed by atoms with Crippen LogP contribution in [0.1, 0.15) is 58.3 Å². The third-order valence-corrected chi connectivity index (χ3v) is 6.18. The molecule has 2 aliphatic heterocycles. The van der Waals surface area contributed by atoms with E-state index >= 15 is 0 Å². The van der Waals surface area contributed by atoms with Crippen LogP contribution in [0.2, 0.25) is 0 Å². The van der Waals surface area contributed by atoms with Gasteiger partial charge in [-0.15, -0.1) is 0 Å². The largest absolute Gasteiger partial charge is 0.467 e. The van der Waals surface area contributed by atoms with Gasteiger partial charge in [-0.25, -0.2) is 0 Å². The van der Waals surface area contributed by atoms with Crippen LogP contribution in [0.5, 0.6) is 0 Å². The molecule has 1 saturated heterocycles. The molecule has 2 fully saturated rings. The number of hydrogen-bond acceptors (Lipinski definition) is 11. The van der Waals surface area contributed by atoms with Gasteiger partial charge in [0, 0.05) is 19.4 Å². The zero-order chi connectivity index (χ0) is 27.6. The Bertz CT molecular complexity index is 643. The lowest BCUT2D eigenvalue weighted by atomic mass is 9.94. The number of carbonyl (C=O) groups is 1. The van der Waals surface area contributed by atoms with Crippen LogP contribution in [0.4, 0.5) is 0 Å². The standard InChI is InChI=1S/C20H36N2O6.C4H10N2O.CH5N/c1-13-9-18(24)20(25-12-13)27-15-4-2-3-14(10-15)26-19-17(21)6-5-16(28-19)11-22-7-8-23;5-3-1-2-4(6)7;1-2/h5,13-15,17-20,22-24H,2-4,6-12,21H2,1H3;1-3,5H2,(H2,6,7);2H2,1H3. The van der Waals surface area contributed by atoms with E-state index in [1.165, 1.54) is 7.05 Å². The van der Waals surface area contributed by atoms with E-state index in [9.17, 15) is 9.90 Å². The summed E-state index contributed by atoms with van der Waals surface area (Å²) >= 11 is 0. The third kappa shape index (κ3) is 13.8. The van der Waals surface area contributed by atoms with Crippen LogP contribution in [-0.2, 0) is 23.7 Å². The van der Waals surface area contributed by atoms with Crippen molar-refractivity contribution >= 4 is 5.91 Å². The number of amides is 1. The highest BCUT2D eigenvalue weighted by Crippen LogP contribution is 2.30. The molecule has 11 N–H and O–H groups in total. The van der Waals surface area contributed by atoms with Crippen LogP contribution >= 0.6 is 0 Å². The second kappa shape index (κ2) is 19.7. The van der Waals surface area contributed by atoms with Gasteiger partial charge < -0.3 is 57.4 Å². The number of nitrogens with one attached hydrogen (secondary N) is 1. The highest BCUT2D eigenvalue weighted by molar-refractivity contribution is 5.73. The van der Waals surface area contributed by atoms with Crippen LogP contribution in [0.15, 0.2) is 11.8 Å². The topological polar surface area (TPSA) is 211 Å². The van der Waals surface area contributed by atoms with Crippen LogP contribution in [0.25, 0.3) is 0 Å². The molecule has 12 heteroatoms. The Kier molecular flexibility index (Phi) is 17.9. The Morgan fingerprint density at radius 3 is 2.43 bits per heavy atom. The molecule has 0 aromatic heterocycles. The van der Waals surface area contributed by atoms with Crippen molar-refractivity contribution in [3.8, 4) is 0 Å². The van der Waals surface area contributed by atoms with Gasteiger partial charge in [0.25, 0.3) is 0 Å². The van der Waals surface area contributed by atoms with E-state index < -0.39 is 18.7 Å². The van der Waals surface area contributed by atoms with Gasteiger partial charge in [-0.2, -0.15) is 0 Å². The summed E-state index contributed by atoms with van der Waals surface area (Å²) in [5, 5.41) is 22.2. The first-order chi connectivity index (χ1) is 17.8. The maximum absolute atomic E-state index is 10.2. The van der Waals surface area contributed by atoms with Gasteiger partial charge in [0.15, 0.2) is 6.29 Å². The van der Waals surface area contributed by atoms with Gasteiger partial charge in [0.1, 0.15) is 11.9 Å². The van der Waals surface area contributed by atoms with Crippen molar-refractivity contribution in [2.24, 2.45) is 28.9 Å². The lowest BCUT2D eigenvalue weighted by Crippen LogP contribution is -2.46. The number of primary amides is 1. The fourth-order valence-electron chi connectivity index (χ4n) is 4.29. The summed E-state index contributed by atoms with van der Waals surface area (Å²) in [5.74, 6) is 0.887. The molecule has 7 unspecified atom stereocenters. The van der Waals surface area contributed by atoms with E-state index in [1.807, 2.05) is 6.08 Å². The van der Waals surface area contributed by atoms with Crippen LogP contribution < -0.4 is 28.3 Å². The van der Waals surface area contributed by atoms with Crippen molar-refractivity contribution in [2.45, 2.75) is 95.2 Å². The second-order valence-corrected chi connectivity index (χ2v) is 9.61. The molecular formula is C25H51N5O7. The molecule has 12 nitrogen and oxygen atoms in total. The first kappa shape index (κ1) is 33.7. The Hall–Kier alpha value is -1.35.